The molecule has 0 saturated carbocycles. The highest BCUT2D eigenvalue weighted by Gasteiger charge is 2.27. The summed E-state index contributed by atoms with van der Waals surface area (Å²) >= 11 is 1.25. The van der Waals surface area contributed by atoms with E-state index in [1.807, 2.05) is 41.0 Å². The number of thioether (sulfide) groups is 1. The predicted octanol–water partition coefficient (Wildman–Crippen LogP) is 2.73. The average molecular weight is 414 g/mol. The first kappa shape index (κ1) is 20.7. The van der Waals surface area contributed by atoms with Gasteiger partial charge in [0, 0.05) is 12.8 Å². The summed E-state index contributed by atoms with van der Waals surface area (Å²) in [7, 11) is 0. The summed E-state index contributed by atoms with van der Waals surface area (Å²) in [4.78, 5) is 23.8. The monoisotopic (exact) mass is 414 g/mol. The van der Waals surface area contributed by atoms with Crippen LogP contribution in [0.1, 0.15) is 35.7 Å². The van der Waals surface area contributed by atoms with Crippen LogP contribution in [0.2, 0.25) is 0 Å². The van der Waals surface area contributed by atoms with Gasteiger partial charge in [0.05, 0.1) is 19.4 Å². The van der Waals surface area contributed by atoms with Gasteiger partial charge in [-0.15, -0.1) is 10.2 Å². The van der Waals surface area contributed by atoms with Gasteiger partial charge in [-0.05, 0) is 24.6 Å². The number of ether oxygens (including phenoxy) is 1. The number of rotatable bonds is 10. The molecule has 2 heterocycles. The third-order valence-corrected chi connectivity index (χ3v) is 5.32. The van der Waals surface area contributed by atoms with E-state index in [-0.39, 0.29) is 19.0 Å². The third kappa shape index (κ3) is 5.47. The molecule has 0 aliphatic carbocycles. The second-order valence-corrected chi connectivity index (χ2v) is 7.26. The summed E-state index contributed by atoms with van der Waals surface area (Å²) < 4.78 is 12.5. The number of nitrogens with zero attached hydrogens (tertiary/aromatic N) is 3. The third-order valence-electron chi connectivity index (χ3n) is 4.11. The zero-order valence-electron chi connectivity index (χ0n) is 16.0. The van der Waals surface area contributed by atoms with Crippen molar-refractivity contribution in [3.05, 3.63) is 65.9 Å². The molecule has 0 saturated heterocycles. The normalized spacial score (nSPS) is 11.9. The molecule has 8 nitrogen and oxygen atoms in total. The Morgan fingerprint density at radius 1 is 1.21 bits per heavy atom. The van der Waals surface area contributed by atoms with Gasteiger partial charge in [-0.3, -0.25) is 14.2 Å². The number of aryl methyl sites for hydroxylation is 1. The summed E-state index contributed by atoms with van der Waals surface area (Å²) in [6, 6.07) is 13.0. The minimum atomic E-state index is -0.598. The first-order chi connectivity index (χ1) is 14.1. The highest BCUT2D eigenvalue weighted by atomic mass is 32.2. The van der Waals surface area contributed by atoms with Crippen molar-refractivity contribution in [3.63, 3.8) is 0 Å². The lowest BCUT2D eigenvalue weighted by atomic mass is 10.1. The second-order valence-electron chi connectivity index (χ2n) is 6.19. The summed E-state index contributed by atoms with van der Waals surface area (Å²) in [5, 5.41) is 8.40. The number of hydrogen-bond donors (Lipinski definition) is 1. The van der Waals surface area contributed by atoms with Crippen molar-refractivity contribution in [1.82, 2.24) is 14.8 Å². The predicted molar refractivity (Wildman–Crippen MR) is 107 cm³/mol. The molecule has 3 rings (SSSR count). The van der Waals surface area contributed by atoms with Gasteiger partial charge in [-0.2, -0.15) is 0 Å². The summed E-state index contributed by atoms with van der Waals surface area (Å²) in [6.07, 6.45) is 2.08. The fourth-order valence-electron chi connectivity index (χ4n) is 2.75. The van der Waals surface area contributed by atoms with E-state index in [0.717, 1.165) is 5.56 Å². The molecular formula is C20H22N4O4S. The van der Waals surface area contributed by atoms with Crippen molar-refractivity contribution in [2.24, 2.45) is 5.73 Å². The van der Waals surface area contributed by atoms with Crippen molar-refractivity contribution >= 4 is 23.6 Å². The highest BCUT2D eigenvalue weighted by Crippen LogP contribution is 2.36. The van der Waals surface area contributed by atoms with Crippen LogP contribution in [-0.2, 0) is 27.3 Å². The Morgan fingerprint density at radius 3 is 2.66 bits per heavy atom. The Bertz CT molecular complexity index is 941. The molecular weight excluding hydrogens is 392 g/mol. The first-order valence-electron chi connectivity index (χ1n) is 9.19. The number of primary amides is 1. The number of nitrogens with two attached hydrogens (primary N) is 1. The highest BCUT2D eigenvalue weighted by molar-refractivity contribution is 8.00. The summed E-state index contributed by atoms with van der Waals surface area (Å²) in [5.74, 6) is 0.535. The molecule has 1 atom stereocenters. The van der Waals surface area contributed by atoms with Crippen LogP contribution in [0.3, 0.4) is 0 Å². The number of carbonyl (C=O) groups excluding carboxylic acids is 2. The molecule has 0 fully saturated rings. The molecule has 29 heavy (non-hydrogen) atoms. The maximum Gasteiger partial charge on any atom is 0.324 e. The quantitative estimate of drug-likeness (QED) is 0.401. The molecule has 2 N–H and O–H groups in total. The van der Waals surface area contributed by atoms with E-state index in [1.165, 1.54) is 11.8 Å². The largest absolute Gasteiger partial charge is 0.467 e. The smallest absolute Gasteiger partial charge is 0.324 e. The maximum absolute atomic E-state index is 12.6. The molecule has 0 bridgehead atoms. The van der Waals surface area contributed by atoms with E-state index in [4.69, 9.17) is 14.9 Å². The van der Waals surface area contributed by atoms with E-state index < -0.39 is 11.2 Å². The van der Waals surface area contributed by atoms with Crippen molar-refractivity contribution in [2.45, 2.75) is 36.7 Å². The Morgan fingerprint density at radius 2 is 2.00 bits per heavy atom. The zero-order chi connectivity index (χ0) is 20.6. The lowest BCUT2D eigenvalue weighted by Gasteiger charge is -2.16. The van der Waals surface area contributed by atoms with Crippen LogP contribution in [0, 0.1) is 0 Å². The van der Waals surface area contributed by atoms with E-state index in [0.29, 0.717) is 29.7 Å². The van der Waals surface area contributed by atoms with Gasteiger partial charge >= 0.3 is 5.97 Å². The average Bonchev–Trinajstić information content (AvgIpc) is 3.36. The van der Waals surface area contributed by atoms with Crippen LogP contribution in [0.25, 0.3) is 0 Å². The standard InChI is InChI=1S/C20H22N4O4S/c1-2-27-19(26)18(14-7-4-3-5-8-14)29-20-23-22-17(11-10-16(21)25)24(20)13-15-9-6-12-28-15/h3-9,12,18H,2,10-11,13H2,1H3,(H2,21,25). The Kier molecular flexibility index (Phi) is 7.07. The topological polar surface area (TPSA) is 113 Å². The van der Waals surface area contributed by atoms with Gasteiger partial charge in [-0.1, -0.05) is 42.1 Å². The van der Waals surface area contributed by atoms with Crippen molar-refractivity contribution in [3.8, 4) is 0 Å². The fourth-order valence-corrected chi connectivity index (χ4v) is 3.80. The van der Waals surface area contributed by atoms with Crippen molar-refractivity contribution < 1.29 is 18.7 Å². The molecule has 0 aliphatic rings. The maximum atomic E-state index is 12.6. The minimum Gasteiger partial charge on any atom is -0.467 e. The Labute approximate surface area is 172 Å². The van der Waals surface area contributed by atoms with Crippen molar-refractivity contribution in [1.29, 1.82) is 0 Å². The zero-order valence-corrected chi connectivity index (χ0v) is 16.8. The number of esters is 1. The molecule has 2 aromatic heterocycles. The van der Waals surface area contributed by atoms with Gasteiger partial charge in [-0.25, -0.2) is 0 Å². The lowest BCUT2D eigenvalue weighted by Crippen LogP contribution is -2.16. The van der Waals surface area contributed by atoms with E-state index in [1.54, 1.807) is 19.3 Å². The minimum absolute atomic E-state index is 0.154. The molecule has 0 spiro atoms. The van der Waals surface area contributed by atoms with Gasteiger partial charge in [0.2, 0.25) is 5.91 Å². The molecule has 1 amide bonds. The number of amides is 1. The second kappa shape index (κ2) is 9.92. The fraction of sp³-hybridized carbons (Fsp3) is 0.300. The van der Waals surface area contributed by atoms with Crippen LogP contribution in [-0.4, -0.2) is 33.2 Å². The molecule has 152 valence electrons. The SMILES string of the molecule is CCOC(=O)C(Sc1nnc(CCC(N)=O)n1Cc1ccco1)c1ccccc1. The van der Waals surface area contributed by atoms with Crippen LogP contribution in [0.4, 0.5) is 0 Å². The molecule has 0 aliphatic heterocycles. The van der Waals surface area contributed by atoms with Crippen LogP contribution in [0.5, 0.6) is 0 Å². The number of benzene rings is 1. The van der Waals surface area contributed by atoms with Gasteiger partial charge in [0.15, 0.2) is 5.16 Å². The molecule has 0 radical (unpaired) electrons. The first-order valence-corrected chi connectivity index (χ1v) is 10.1. The summed E-state index contributed by atoms with van der Waals surface area (Å²) in [5.41, 5.74) is 6.09. The Balaban J connectivity index is 1.92. The van der Waals surface area contributed by atoms with Gasteiger partial charge in [0.25, 0.3) is 0 Å². The van der Waals surface area contributed by atoms with Gasteiger partial charge in [0.1, 0.15) is 16.8 Å². The van der Waals surface area contributed by atoms with Crippen molar-refractivity contribution in [2.75, 3.05) is 6.61 Å². The molecule has 9 heteroatoms. The van der Waals surface area contributed by atoms with Crippen LogP contribution in [0.15, 0.2) is 58.3 Å². The van der Waals surface area contributed by atoms with E-state index >= 15 is 0 Å². The van der Waals surface area contributed by atoms with Crippen LogP contribution < -0.4 is 5.73 Å². The number of hydrogen-bond acceptors (Lipinski definition) is 7. The molecule has 1 aromatic carbocycles. The Hall–Kier alpha value is -3.07. The number of furan rings is 1. The van der Waals surface area contributed by atoms with Gasteiger partial charge < -0.3 is 14.9 Å². The number of aromatic nitrogens is 3. The lowest BCUT2D eigenvalue weighted by molar-refractivity contribution is -0.142. The van der Waals surface area contributed by atoms with Crippen LogP contribution >= 0.6 is 11.8 Å². The summed E-state index contributed by atoms with van der Waals surface area (Å²) in [6.45, 7) is 2.43. The molecule has 3 aromatic rings. The van der Waals surface area contributed by atoms with E-state index in [9.17, 15) is 9.59 Å². The van der Waals surface area contributed by atoms with E-state index in [2.05, 4.69) is 10.2 Å². The number of carbonyl (C=O) groups is 2. The molecule has 1 unspecified atom stereocenters.